The minimum atomic E-state index is 0.0626. The van der Waals surface area contributed by atoms with E-state index in [2.05, 4.69) is 22.1 Å². The quantitative estimate of drug-likeness (QED) is 0.866. The van der Waals surface area contributed by atoms with Crippen molar-refractivity contribution in [2.75, 3.05) is 26.7 Å². The van der Waals surface area contributed by atoms with E-state index in [-0.39, 0.29) is 11.9 Å². The summed E-state index contributed by atoms with van der Waals surface area (Å²) in [5.41, 5.74) is 1.50. The van der Waals surface area contributed by atoms with Gasteiger partial charge in [-0.15, -0.1) is 10.2 Å². The minimum Gasteiger partial charge on any atom is -0.336 e. The molecule has 1 aliphatic heterocycles. The lowest BCUT2D eigenvalue weighted by molar-refractivity contribution is 0.0716. The van der Waals surface area contributed by atoms with E-state index in [0.717, 1.165) is 31.0 Å². The molecule has 6 nitrogen and oxygen atoms in total. The largest absolute Gasteiger partial charge is 0.336 e. The molecule has 0 aliphatic carbocycles. The van der Waals surface area contributed by atoms with Crippen molar-refractivity contribution in [2.45, 2.75) is 39.2 Å². The van der Waals surface area contributed by atoms with Crippen molar-refractivity contribution in [3.05, 3.63) is 29.7 Å². The normalized spacial score (nSPS) is 18.9. The SMILES string of the molecule is CCN(C(=O)c1ccc2nnc([C@@H]3CCN(C)C3)n2c1)C(C)C. The summed E-state index contributed by atoms with van der Waals surface area (Å²) < 4.78 is 1.99. The van der Waals surface area contributed by atoms with E-state index in [1.807, 2.05) is 48.4 Å². The van der Waals surface area contributed by atoms with Crippen LogP contribution in [0.2, 0.25) is 0 Å². The molecule has 124 valence electrons. The first-order chi connectivity index (χ1) is 11.0. The highest BCUT2D eigenvalue weighted by Gasteiger charge is 2.26. The van der Waals surface area contributed by atoms with E-state index in [0.29, 0.717) is 18.0 Å². The molecule has 0 radical (unpaired) electrons. The molecule has 3 rings (SSSR count). The molecule has 1 saturated heterocycles. The smallest absolute Gasteiger partial charge is 0.255 e. The van der Waals surface area contributed by atoms with Gasteiger partial charge in [0, 0.05) is 31.2 Å². The van der Waals surface area contributed by atoms with Crippen molar-refractivity contribution in [3.63, 3.8) is 0 Å². The van der Waals surface area contributed by atoms with Gasteiger partial charge < -0.3 is 9.80 Å². The number of amides is 1. The number of carbonyl (C=O) groups excluding carboxylic acids is 1. The number of pyridine rings is 1. The number of carbonyl (C=O) groups is 1. The topological polar surface area (TPSA) is 53.7 Å². The van der Waals surface area contributed by atoms with E-state index in [4.69, 9.17) is 0 Å². The van der Waals surface area contributed by atoms with Crippen molar-refractivity contribution in [2.24, 2.45) is 0 Å². The zero-order valence-electron chi connectivity index (χ0n) is 14.4. The van der Waals surface area contributed by atoms with Crippen LogP contribution in [0.25, 0.3) is 5.65 Å². The molecule has 3 heterocycles. The van der Waals surface area contributed by atoms with Crippen LogP contribution < -0.4 is 0 Å². The van der Waals surface area contributed by atoms with Crippen LogP contribution in [0.1, 0.15) is 49.3 Å². The summed E-state index contributed by atoms with van der Waals surface area (Å²) in [4.78, 5) is 16.9. The second-order valence-electron chi connectivity index (χ2n) is 6.64. The lowest BCUT2D eigenvalue weighted by atomic mass is 10.1. The van der Waals surface area contributed by atoms with Crippen LogP contribution in [0.15, 0.2) is 18.3 Å². The summed E-state index contributed by atoms with van der Waals surface area (Å²) in [5.74, 6) is 1.41. The van der Waals surface area contributed by atoms with Crippen LogP contribution in [0.5, 0.6) is 0 Å². The molecular formula is C17H25N5O. The van der Waals surface area contributed by atoms with Gasteiger partial charge >= 0.3 is 0 Å². The number of likely N-dealkylation sites (tertiary alicyclic amines) is 1. The molecule has 23 heavy (non-hydrogen) atoms. The summed E-state index contributed by atoms with van der Waals surface area (Å²) in [7, 11) is 2.12. The van der Waals surface area contributed by atoms with Gasteiger partial charge in [0.1, 0.15) is 5.82 Å². The van der Waals surface area contributed by atoms with Gasteiger partial charge in [-0.05, 0) is 52.9 Å². The van der Waals surface area contributed by atoms with Crippen LogP contribution in [0.4, 0.5) is 0 Å². The summed E-state index contributed by atoms with van der Waals surface area (Å²) >= 11 is 0. The highest BCUT2D eigenvalue weighted by molar-refractivity contribution is 5.94. The highest BCUT2D eigenvalue weighted by Crippen LogP contribution is 2.25. The standard InChI is InChI=1S/C17H25N5O/c1-5-21(12(2)3)17(23)14-6-7-15-18-19-16(22(15)11-14)13-8-9-20(4)10-13/h6-7,11-13H,5,8-10H2,1-4H3/t13-/m1/s1. The molecule has 2 aromatic rings. The zero-order chi connectivity index (χ0) is 16.6. The van der Waals surface area contributed by atoms with Gasteiger partial charge in [-0.3, -0.25) is 9.20 Å². The van der Waals surface area contributed by atoms with Crippen molar-refractivity contribution in [1.29, 1.82) is 0 Å². The van der Waals surface area contributed by atoms with Crippen molar-refractivity contribution < 1.29 is 4.79 Å². The molecular weight excluding hydrogens is 290 g/mol. The second-order valence-corrected chi connectivity index (χ2v) is 6.64. The first kappa shape index (κ1) is 15.9. The monoisotopic (exact) mass is 315 g/mol. The third-order valence-corrected chi connectivity index (χ3v) is 4.66. The Morgan fingerprint density at radius 2 is 2.17 bits per heavy atom. The number of likely N-dealkylation sites (N-methyl/N-ethyl adjacent to an activating group) is 1. The summed E-state index contributed by atoms with van der Waals surface area (Å²) in [5, 5.41) is 8.63. The van der Waals surface area contributed by atoms with Gasteiger partial charge in [-0.2, -0.15) is 0 Å². The van der Waals surface area contributed by atoms with Gasteiger partial charge in [0.25, 0.3) is 5.91 Å². The molecule has 1 fully saturated rings. The number of nitrogens with zero attached hydrogens (tertiary/aromatic N) is 5. The van der Waals surface area contributed by atoms with Crippen LogP contribution in [-0.4, -0.2) is 63.0 Å². The average Bonchev–Trinajstić information content (AvgIpc) is 3.12. The fraction of sp³-hybridized carbons (Fsp3) is 0.588. The third-order valence-electron chi connectivity index (χ3n) is 4.66. The number of hydrogen-bond donors (Lipinski definition) is 0. The molecule has 0 aromatic carbocycles. The maximum atomic E-state index is 12.7. The van der Waals surface area contributed by atoms with Gasteiger partial charge in [0.05, 0.1) is 5.56 Å². The minimum absolute atomic E-state index is 0.0626. The lowest BCUT2D eigenvalue weighted by Gasteiger charge is -2.25. The van der Waals surface area contributed by atoms with Crippen molar-refractivity contribution in [3.8, 4) is 0 Å². The van der Waals surface area contributed by atoms with Gasteiger partial charge in [-0.25, -0.2) is 0 Å². The van der Waals surface area contributed by atoms with Crippen LogP contribution in [0, 0.1) is 0 Å². The molecule has 6 heteroatoms. The number of hydrogen-bond acceptors (Lipinski definition) is 4. The predicted octanol–water partition coefficient (Wildman–Crippen LogP) is 2.02. The molecule has 0 N–H and O–H groups in total. The first-order valence-corrected chi connectivity index (χ1v) is 8.35. The molecule has 0 bridgehead atoms. The number of aromatic nitrogens is 3. The molecule has 1 aliphatic rings. The Balaban J connectivity index is 1.96. The van der Waals surface area contributed by atoms with E-state index in [1.54, 1.807) is 0 Å². The Morgan fingerprint density at radius 1 is 1.39 bits per heavy atom. The van der Waals surface area contributed by atoms with Gasteiger partial charge in [0.15, 0.2) is 5.65 Å². The molecule has 1 atom stereocenters. The van der Waals surface area contributed by atoms with E-state index < -0.39 is 0 Å². The van der Waals surface area contributed by atoms with Crippen LogP contribution in [0.3, 0.4) is 0 Å². The van der Waals surface area contributed by atoms with Gasteiger partial charge in [0.2, 0.25) is 0 Å². The lowest BCUT2D eigenvalue weighted by Crippen LogP contribution is -2.36. The maximum Gasteiger partial charge on any atom is 0.255 e. The molecule has 0 spiro atoms. The third kappa shape index (κ3) is 2.95. The first-order valence-electron chi connectivity index (χ1n) is 8.35. The van der Waals surface area contributed by atoms with Gasteiger partial charge in [-0.1, -0.05) is 0 Å². The Morgan fingerprint density at radius 3 is 2.78 bits per heavy atom. The van der Waals surface area contributed by atoms with Crippen LogP contribution >= 0.6 is 0 Å². The summed E-state index contributed by atoms with van der Waals surface area (Å²) in [6, 6.07) is 3.92. The Labute approximate surface area is 137 Å². The zero-order valence-corrected chi connectivity index (χ0v) is 14.4. The molecule has 0 saturated carbocycles. The Hall–Kier alpha value is -1.95. The number of rotatable bonds is 4. The van der Waals surface area contributed by atoms with E-state index in [1.165, 1.54) is 0 Å². The van der Waals surface area contributed by atoms with Crippen molar-refractivity contribution >= 4 is 11.6 Å². The predicted molar refractivity (Wildman–Crippen MR) is 89.7 cm³/mol. The highest BCUT2D eigenvalue weighted by atomic mass is 16.2. The second kappa shape index (κ2) is 6.28. The van der Waals surface area contributed by atoms with Crippen LogP contribution in [-0.2, 0) is 0 Å². The summed E-state index contributed by atoms with van der Waals surface area (Å²) in [6.07, 6.45) is 2.99. The molecule has 2 aromatic heterocycles. The number of fused-ring (bicyclic) bond motifs is 1. The average molecular weight is 315 g/mol. The Kier molecular flexibility index (Phi) is 4.35. The van der Waals surface area contributed by atoms with E-state index >= 15 is 0 Å². The molecule has 0 unspecified atom stereocenters. The molecule has 1 amide bonds. The maximum absolute atomic E-state index is 12.7. The van der Waals surface area contributed by atoms with Crippen molar-refractivity contribution in [1.82, 2.24) is 24.4 Å². The fourth-order valence-electron chi connectivity index (χ4n) is 3.37. The van der Waals surface area contributed by atoms with E-state index in [9.17, 15) is 4.79 Å². The fourth-order valence-corrected chi connectivity index (χ4v) is 3.37. The summed E-state index contributed by atoms with van der Waals surface area (Å²) in [6.45, 7) is 8.87. The Bertz CT molecular complexity index is 708.